The van der Waals surface area contributed by atoms with Crippen molar-refractivity contribution >= 4 is 5.97 Å². The van der Waals surface area contributed by atoms with Crippen molar-refractivity contribution < 1.29 is 9.90 Å². The molecule has 0 aromatic carbocycles. The molecular formula is C12H15N3O2. The quantitative estimate of drug-likeness (QED) is 0.835. The van der Waals surface area contributed by atoms with Gasteiger partial charge < -0.3 is 5.11 Å². The summed E-state index contributed by atoms with van der Waals surface area (Å²) in [6, 6.07) is 3.51. The molecule has 2 N–H and O–H groups in total. The lowest BCUT2D eigenvalue weighted by Crippen LogP contribution is -1.99. The zero-order chi connectivity index (χ0) is 12.8. The Labute approximate surface area is 99.5 Å². The van der Waals surface area contributed by atoms with Crippen molar-refractivity contribution in [1.82, 2.24) is 15.2 Å². The number of hydrogen-bond donors (Lipinski definition) is 2. The number of aryl methyl sites for hydroxylation is 1. The van der Waals surface area contributed by atoms with Crippen LogP contribution in [0.15, 0.2) is 24.5 Å². The number of H-pyrrole nitrogens is 1. The lowest BCUT2D eigenvalue weighted by atomic mass is 10.1. The van der Waals surface area contributed by atoms with Gasteiger partial charge in [-0.1, -0.05) is 13.8 Å². The van der Waals surface area contributed by atoms with Crippen molar-refractivity contribution in [2.24, 2.45) is 0 Å². The van der Waals surface area contributed by atoms with Crippen molar-refractivity contribution in [2.75, 3.05) is 0 Å². The monoisotopic (exact) mass is 233 g/mol. The standard InChI is InChI=1S/C10H9N3O2.C2H6/c1-6-8(7-2-4-11-5-3-7)9(10(14)15)13-12-6;1-2/h2-5H,1H3,(H,12,13)(H,14,15);1-2H3. The maximum Gasteiger partial charge on any atom is 0.357 e. The van der Waals surface area contributed by atoms with Gasteiger partial charge in [0.15, 0.2) is 5.69 Å². The number of nitrogens with zero attached hydrogens (tertiary/aromatic N) is 2. The summed E-state index contributed by atoms with van der Waals surface area (Å²) in [4.78, 5) is 14.8. The Balaban J connectivity index is 0.000000686. The number of pyridine rings is 1. The number of aromatic amines is 1. The number of nitrogens with one attached hydrogen (secondary N) is 1. The summed E-state index contributed by atoms with van der Waals surface area (Å²) in [6.07, 6.45) is 3.24. The van der Waals surface area contributed by atoms with Crippen LogP contribution >= 0.6 is 0 Å². The van der Waals surface area contributed by atoms with Gasteiger partial charge in [0.1, 0.15) is 0 Å². The summed E-state index contributed by atoms with van der Waals surface area (Å²) in [5, 5.41) is 15.4. The first-order valence-electron chi connectivity index (χ1n) is 5.39. The Kier molecular flexibility index (Phi) is 4.39. The summed E-state index contributed by atoms with van der Waals surface area (Å²) in [5.74, 6) is -1.04. The number of carboxylic acid groups (broad SMARTS) is 1. The number of carboxylic acids is 1. The maximum atomic E-state index is 10.9. The van der Waals surface area contributed by atoms with E-state index >= 15 is 0 Å². The van der Waals surface area contributed by atoms with Gasteiger partial charge >= 0.3 is 5.97 Å². The average molecular weight is 233 g/mol. The van der Waals surface area contributed by atoms with Gasteiger partial charge in [-0.15, -0.1) is 0 Å². The molecule has 0 bridgehead atoms. The molecule has 5 nitrogen and oxygen atoms in total. The van der Waals surface area contributed by atoms with E-state index in [-0.39, 0.29) is 5.69 Å². The Hall–Kier alpha value is -2.17. The summed E-state index contributed by atoms with van der Waals surface area (Å²) in [7, 11) is 0. The molecule has 0 unspecified atom stereocenters. The van der Waals surface area contributed by atoms with Crippen LogP contribution in [0.3, 0.4) is 0 Å². The Bertz CT molecular complexity index is 492. The van der Waals surface area contributed by atoms with E-state index in [9.17, 15) is 4.79 Å². The lowest BCUT2D eigenvalue weighted by molar-refractivity contribution is 0.0691. The second-order valence-electron chi connectivity index (χ2n) is 3.11. The number of carbonyl (C=O) groups is 1. The molecule has 0 fully saturated rings. The van der Waals surface area contributed by atoms with Crippen LogP contribution in [0, 0.1) is 6.92 Å². The van der Waals surface area contributed by atoms with Crippen LogP contribution in [-0.4, -0.2) is 26.3 Å². The summed E-state index contributed by atoms with van der Waals surface area (Å²) < 4.78 is 0. The SMILES string of the molecule is CC.Cc1[nH]nc(C(=O)O)c1-c1ccncc1. The first-order valence-corrected chi connectivity index (χ1v) is 5.39. The van der Waals surface area contributed by atoms with Crippen molar-refractivity contribution in [3.8, 4) is 11.1 Å². The first kappa shape index (κ1) is 12.9. The highest BCUT2D eigenvalue weighted by Gasteiger charge is 2.17. The minimum atomic E-state index is -1.04. The highest BCUT2D eigenvalue weighted by atomic mass is 16.4. The topological polar surface area (TPSA) is 78.9 Å². The molecule has 0 saturated heterocycles. The smallest absolute Gasteiger partial charge is 0.357 e. The molecule has 0 amide bonds. The molecule has 0 aliphatic carbocycles. The summed E-state index contributed by atoms with van der Waals surface area (Å²) in [5.41, 5.74) is 2.19. The first-order chi connectivity index (χ1) is 8.20. The fourth-order valence-electron chi connectivity index (χ4n) is 1.46. The molecule has 2 aromatic heterocycles. The van der Waals surface area contributed by atoms with Gasteiger partial charge in [-0.3, -0.25) is 10.1 Å². The predicted molar refractivity (Wildman–Crippen MR) is 64.9 cm³/mol. The minimum absolute atomic E-state index is 0.0405. The summed E-state index contributed by atoms with van der Waals surface area (Å²) in [6.45, 7) is 5.79. The molecule has 17 heavy (non-hydrogen) atoms. The molecule has 2 aromatic rings. The molecule has 0 atom stereocenters. The van der Waals surface area contributed by atoms with E-state index in [4.69, 9.17) is 5.11 Å². The second-order valence-corrected chi connectivity index (χ2v) is 3.11. The third kappa shape index (κ3) is 2.69. The van der Waals surface area contributed by atoms with Crippen LogP contribution in [0.1, 0.15) is 30.0 Å². The van der Waals surface area contributed by atoms with Crippen molar-refractivity contribution in [3.63, 3.8) is 0 Å². The molecule has 0 saturated carbocycles. The van der Waals surface area contributed by atoms with Crippen LogP contribution in [0.2, 0.25) is 0 Å². The van der Waals surface area contributed by atoms with E-state index in [1.54, 1.807) is 31.5 Å². The molecule has 2 rings (SSSR count). The van der Waals surface area contributed by atoms with Gasteiger partial charge in [-0.2, -0.15) is 5.10 Å². The van der Waals surface area contributed by atoms with Gasteiger partial charge in [-0.05, 0) is 24.6 Å². The van der Waals surface area contributed by atoms with Gasteiger partial charge in [0.2, 0.25) is 0 Å². The van der Waals surface area contributed by atoms with Gasteiger partial charge in [0.25, 0.3) is 0 Å². The van der Waals surface area contributed by atoms with Crippen LogP contribution in [-0.2, 0) is 0 Å². The second kappa shape index (κ2) is 5.79. The fraction of sp³-hybridized carbons (Fsp3) is 0.250. The largest absolute Gasteiger partial charge is 0.476 e. The Morgan fingerprint density at radius 2 is 1.88 bits per heavy atom. The van der Waals surface area contributed by atoms with Gasteiger partial charge in [0, 0.05) is 23.7 Å². The molecule has 0 aliphatic rings. The van der Waals surface area contributed by atoms with Crippen molar-refractivity contribution in [2.45, 2.75) is 20.8 Å². The van der Waals surface area contributed by atoms with E-state index in [2.05, 4.69) is 15.2 Å². The van der Waals surface area contributed by atoms with Gasteiger partial charge in [0.05, 0.1) is 0 Å². The zero-order valence-corrected chi connectivity index (χ0v) is 10.1. The highest BCUT2D eigenvalue weighted by molar-refractivity contribution is 5.94. The van der Waals surface area contributed by atoms with Crippen LogP contribution in [0.4, 0.5) is 0 Å². The fourth-order valence-corrected chi connectivity index (χ4v) is 1.46. The molecule has 0 spiro atoms. The molecular weight excluding hydrogens is 218 g/mol. The lowest BCUT2D eigenvalue weighted by Gasteiger charge is -1.99. The number of aromatic carboxylic acids is 1. The third-order valence-corrected chi connectivity index (χ3v) is 2.12. The molecule has 90 valence electrons. The molecule has 0 radical (unpaired) electrons. The van der Waals surface area contributed by atoms with Crippen molar-refractivity contribution in [3.05, 3.63) is 35.9 Å². The predicted octanol–water partition coefficient (Wildman–Crippen LogP) is 2.50. The molecule has 2 heterocycles. The summed E-state index contributed by atoms with van der Waals surface area (Å²) >= 11 is 0. The van der Waals surface area contributed by atoms with Gasteiger partial charge in [-0.25, -0.2) is 4.79 Å². The third-order valence-electron chi connectivity index (χ3n) is 2.12. The highest BCUT2D eigenvalue weighted by Crippen LogP contribution is 2.24. The van der Waals surface area contributed by atoms with Crippen LogP contribution in [0.5, 0.6) is 0 Å². The number of hydrogen-bond acceptors (Lipinski definition) is 3. The van der Waals surface area contributed by atoms with E-state index in [1.807, 2.05) is 13.8 Å². The van der Waals surface area contributed by atoms with E-state index in [0.717, 1.165) is 11.3 Å². The van der Waals surface area contributed by atoms with E-state index < -0.39 is 5.97 Å². The zero-order valence-electron chi connectivity index (χ0n) is 10.1. The van der Waals surface area contributed by atoms with Crippen molar-refractivity contribution in [1.29, 1.82) is 0 Å². The average Bonchev–Trinajstić information content (AvgIpc) is 2.75. The van der Waals surface area contributed by atoms with E-state index in [1.165, 1.54) is 0 Å². The van der Waals surface area contributed by atoms with E-state index in [0.29, 0.717) is 5.56 Å². The maximum absolute atomic E-state index is 10.9. The van der Waals surface area contributed by atoms with Crippen LogP contribution < -0.4 is 0 Å². The Morgan fingerprint density at radius 1 is 1.29 bits per heavy atom. The van der Waals surface area contributed by atoms with Crippen LogP contribution in [0.25, 0.3) is 11.1 Å². The normalized spacial score (nSPS) is 9.35. The molecule has 0 aliphatic heterocycles. The Morgan fingerprint density at radius 3 is 2.41 bits per heavy atom. The minimum Gasteiger partial charge on any atom is -0.476 e. The number of aromatic nitrogens is 3. The number of rotatable bonds is 2. The molecule has 5 heteroatoms.